The third kappa shape index (κ3) is 3.47. The van der Waals surface area contributed by atoms with E-state index in [0.717, 1.165) is 34.7 Å². The van der Waals surface area contributed by atoms with Crippen LogP contribution in [-0.4, -0.2) is 17.0 Å². The largest absolute Gasteiger partial charge is 0.490 e. The minimum absolute atomic E-state index is 0.0967. The van der Waals surface area contributed by atoms with Crippen molar-refractivity contribution in [2.45, 2.75) is 45.6 Å². The first-order chi connectivity index (χ1) is 10.6. The number of thiazole rings is 1. The van der Waals surface area contributed by atoms with Crippen LogP contribution >= 0.6 is 11.3 Å². The third-order valence-electron chi connectivity index (χ3n) is 3.80. The smallest absolute Gasteiger partial charge is 0.223 e. The number of rotatable bonds is 4. The summed E-state index contributed by atoms with van der Waals surface area (Å²) in [5, 5.41) is 3.38. The number of carbonyl (C=O) groups is 1. The lowest BCUT2D eigenvalue weighted by atomic mass is 10.1. The van der Waals surface area contributed by atoms with E-state index in [2.05, 4.69) is 22.4 Å². The molecular weight excluding hydrogens is 296 g/mol. The summed E-state index contributed by atoms with van der Waals surface area (Å²) in [4.78, 5) is 16.6. The average molecular weight is 316 g/mol. The van der Waals surface area contributed by atoms with Gasteiger partial charge in [0, 0.05) is 6.92 Å². The van der Waals surface area contributed by atoms with E-state index in [-0.39, 0.29) is 5.91 Å². The Morgan fingerprint density at radius 3 is 2.59 bits per heavy atom. The van der Waals surface area contributed by atoms with E-state index < -0.39 is 0 Å². The molecule has 1 saturated carbocycles. The minimum atomic E-state index is -0.0967. The highest BCUT2D eigenvalue weighted by atomic mass is 32.1. The van der Waals surface area contributed by atoms with Gasteiger partial charge in [0.25, 0.3) is 0 Å². The van der Waals surface area contributed by atoms with Crippen LogP contribution in [0.1, 0.15) is 38.3 Å². The van der Waals surface area contributed by atoms with Crippen LogP contribution in [0, 0.1) is 6.92 Å². The van der Waals surface area contributed by atoms with Crippen molar-refractivity contribution in [2.75, 3.05) is 5.32 Å². The molecule has 22 heavy (non-hydrogen) atoms. The molecule has 0 atom stereocenters. The summed E-state index contributed by atoms with van der Waals surface area (Å²) in [5.41, 5.74) is 2.03. The van der Waals surface area contributed by atoms with Crippen molar-refractivity contribution >= 4 is 22.4 Å². The predicted molar refractivity (Wildman–Crippen MR) is 89.5 cm³/mol. The molecule has 1 aromatic heterocycles. The number of anilines is 1. The Kier molecular flexibility index (Phi) is 4.43. The molecule has 0 radical (unpaired) electrons. The minimum Gasteiger partial charge on any atom is -0.490 e. The maximum absolute atomic E-state index is 11.1. The lowest BCUT2D eigenvalue weighted by Gasteiger charge is -2.13. The first-order valence-corrected chi connectivity index (χ1v) is 8.45. The van der Waals surface area contributed by atoms with Crippen molar-refractivity contribution < 1.29 is 9.53 Å². The van der Waals surface area contributed by atoms with Crippen LogP contribution in [0.4, 0.5) is 5.13 Å². The van der Waals surface area contributed by atoms with E-state index in [1.54, 1.807) is 0 Å². The number of carbonyl (C=O) groups excluding carboxylic acids is 1. The molecule has 1 heterocycles. The fourth-order valence-corrected chi connectivity index (χ4v) is 3.77. The highest BCUT2D eigenvalue weighted by Crippen LogP contribution is 2.34. The zero-order chi connectivity index (χ0) is 15.5. The Morgan fingerprint density at radius 1 is 1.27 bits per heavy atom. The van der Waals surface area contributed by atoms with Crippen LogP contribution in [0.2, 0.25) is 0 Å². The van der Waals surface area contributed by atoms with E-state index in [4.69, 9.17) is 4.74 Å². The van der Waals surface area contributed by atoms with Gasteiger partial charge in [-0.2, -0.15) is 0 Å². The van der Waals surface area contributed by atoms with Crippen LogP contribution in [0.25, 0.3) is 10.4 Å². The van der Waals surface area contributed by atoms with Crippen molar-refractivity contribution in [3.8, 4) is 16.2 Å². The quantitative estimate of drug-likeness (QED) is 0.909. The topological polar surface area (TPSA) is 51.2 Å². The standard InChI is InChI=1S/C17H20N2O2S/c1-11-16(22-17(18-11)19-12(2)20)13-7-9-15(10-8-13)21-14-5-3-4-6-14/h7-10,14H,3-6H2,1-2H3,(H,18,19,20). The number of nitrogens with one attached hydrogen (secondary N) is 1. The summed E-state index contributed by atoms with van der Waals surface area (Å²) in [7, 11) is 0. The number of ether oxygens (including phenoxy) is 1. The normalized spacial score (nSPS) is 15.0. The van der Waals surface area contributed by atoms with Crippen LogP contribution in [-0.2, 0) is 4.79 Å². The zero-order valence-electron chi connectivity index (χ0n) is 12.9. The van der Waals surface area contributed by atoms with Gasteiger partial charge in [-0.1, -0.05) is 11.3 Å². The number of amides is 1. The molecule has 5 heteroatoms. The van der Waals surface area contributed by atoms with Gasteiger partial charge in [0.05, 0.1) is 16.7 Å². The fourth-order valence-electron chi connectivity index (χ4n) is 2.75. The van der Waals surface area contributed by atoms with E-state index in [9.17, 15) is 4.79 Å². The summed E-state index contributed by atoms with van der Waals surface area (Å²) < 4.78 is 5.99. The van der Waals surface area contributed by atoms with Crippen molar-refractivity contribution in [3.05, 3.63) is 30.0 Å². The first kappa shape index (κ1) is 15.0. The molecule has 0 aliphatic heterocycles. The Hall–Kier alpha value is -1.88. The molecule has 0 bridgehead atoms. The maximum Gasteiger partial charge on any atom is 0.223 e. The van der Waals surface area contributed by atoms with Crippen LogP contribution in [0.3, 0.4) is 0 Å². The van der Waals surface area contributed by atoms with Crippen LogP contribution in [0.5, 0.6) is 5.75 Å². The molecule has 1 aromatic carbocycles. The SMILES string of the molecule is CC(=O)Nc1nc(C)c(-c2ccc(OC3CCCC3)cc2)s1. The molecule has 1 amide bonds. The molecule has 1 aliphatic rings. The lowest BCUT2D eigenvalue weighted by Crippen LogP contribution is -2.10. The Labute approximate surface area is 134 Å². The summed E-state index contributed by atoms with van der Waals surface area (Å²) in [6.07, 6.45) is 5.25. The fraction of sp³-hybridized carbons (Fsp3) is 0.412. The van der Waals surface area contributed by atoms with Crippen LogP contribution in [0.15, 0.2) is 24.3 Å². The molecule has 2 aromatic rings. The van der Waals surface area contributed by atoms with Crippen LogP contribution < -0.4 is 10.1 Å². The van der Waals surface area contributed by atoms with Gasteiger partial charge in [0.15, 0.2) is 5.13 Å². The molecule has 0 spiro atoms. The summed E-state index contributed by atoms with van der Waals surface area (Å²) >= 11 is 1.50. The summed E-state index contributed by atoms with van der Waals surface area (Å²) in [6, 6.07) is 8.15. The number of aryl methyl sites for hydroxylation is 1. The number of aromatic nitrogens is 1. The van der Waals surface area contributed by atoms with Gasteiger partial charge in [0.2, 0.25) is 5.91 Å². The molecule has 0 unspecified atom stereocenters. The highest BCUT2D eigenvalue weighted by molar-refractivity contribution is 7.19. The lowest BCUT2D eigenvalue weighted by molar-refractivity contribution is -0.114. The van der Waals surface area contributed by atoms with Crippen molar-refractivity contribution in [1.82, 2.24) is 4.98 Å². The molecular formula is C17H20N2O2S. The van der Waals surface area contributed by atoms with Gasteiger partial charge in [-0.3, -0.25) is 4.79 Å². The van der Waals surface area contributed by atoms with Crippen molar-refractivity contribution in [1.29, 1.82) is 0 Å². The van der Waals surface area contributed by atoms with E-state index >= 15 is 0 Å². The van der Waals surface area contributed by atoms with Crippen molar-refractivity contribution in [3.63, 3.8) is 0 Å². The number of hydrogen-bond donors (Lipinski definition) is 1. The van der Waals surface area contributed by atoms with E-state index in [0.29, 0.717) is 11.2 Å². The predicted octanol–water partition coefficient (Wildman–Crippen LogP) is 4.40. The molecule has 3 rings (SSSR count). The molecule has 116 valence electrons. The van der Waals surface area contributed by atoms with Gasteiger partial charge < -0.3 is 10.1 Å². The molecule has 1 aliphatic carbocycles. The Bertz CT molecular complexity index is 658. The van der Waals surface area contributed by atoms with Gasteiger partial charge in [-0.15, -0.1) is 0 Å². The van der Waals surface area contributed by atoms with Gasteiger partial charge in [-0.25, -0.2) is 4.98 Å². The van der Waals surface area contributed by atoms with Gasteiger partial charge >= 0.3 is 0 Å². The number of benzene rings is 1. The second-order valence-corrected chi connectivity index (χ2v) is 6.66. The van der Waals surface area contributed by atoms with E-state index in [1.807, 2.05) is 19.1 Å². The van der Waals surface area contributed by atoms with E-state index in [1.165, 1.54) is 31.1 Å². The second kappa shape index (κ2) is 6.48. The maximum atomic E-state index is 11.1. The van der Waals surface area contributed by atoms with Gasteiger partial charge in [-0.05, 0) is 62.4 Å². The molecule has 4 nitrogen and oxygen atoms in total. The Morgan fingerprint density at radius 2 is 1.95 bits per heavy atom. The van der Waals surface area contributed by atoms with Gasteiger partial charge in [0.1, 0.15) is 5.75 Å². The monoisotopic (exact) mass is 316 g/mol. The zero-order valence-corrected chi connectivity index (χ0v) is 13.7. The number of nitrogens with zero attached hydrogens (tertiary/aromatic N) is 1. The molecule has 1 fully saturated rings. The Balaban J connectivity index is 1.74. The third-order valence-corrected chi connectivity index (χ3v) is 4.92. The highest BCUT2D eigenvalue weighted by Gasteiger charge is 2.16. The molecule has 1 N–H and O–H groups in total. The number of hydrogen-bond acceptors (Lipinski definition) is 4. The second-order valence-electron chi connectivity index (χ2n) is 5.66. The van der Waals surface area contributed by atoms with Crippen molar-refractivity contribution in [2.24, 2.45) is 0 Å². The summed E-state index contributed by atoms with van der Waals surface area (Å²) in [6.45, 7) is 3.45. The first-order valence-electron chi connectivity index (χ1n) is 7.64. The average Bonchev–Trinajstić information content (AvgIpc) is 3.09. The summed E-state index contributed by atoms with van der Waals surface area (Å²) in [5.74, 6) is 0.834. The molecule has 0 saturated heterocycles.